The van der Waals surface area contributed by atoms with E-state index in [9.17, 15) is 9.59 Å². The summed E-state index contributed by atoms with van der Waals surface area (Å²) < 4.78 is 0. The Morgan fingerprint density at radius 3 is 3.14 bits per heavy atom. The van der Waals surface area contributed by atoms with Gasteiger partial charge in [-0.1, -0.05) is 6.92 Å². The quantitative estimate of drug-likeness (QED) is 0.609. The largest absolute Gasteiger partial charge is 0.354 e. The Morgan fingerprint density at radius 1 is 1.64 bits per heavy atom. The van der Waals surface area contributed by atoms with Crippen LogP contribution in [0.25, 0.3) is 0 Å². The van der Waals surface area contributed by atoms with E-state index in [-0.39, 0.29) is 18.4 Å². The Labute approximate surface area is 83.8 Å². The molecule has 2 N–H and O–H groups in total. The van der Waals surface area contributed by atoms with Crippen LogP contribution in [0.1, 0.15) is 13.3 Å². The summed E-state index contributed by atoms with van der Waals surface area (Å²) in [6.07, 6.45) is 0.837. The smallest absolute Gasteiger partial charge is 0.239 e. The van der Waals surface area contributed by atoms with Crippen LogP contribution in [-0.4, -0.2) is 49.4 Å². The van der Waals surface area contributed by atoms with Crippen molar-refractivity contribution in [3.05, 3.63) is 0 Å². The number of nitrogens with one attached hydrogen (secondary N) is 2. The van der Waals surface area contributed by atoms with Gasteiger partial charge in [-0.3, -0.25) is 9.59 Å². The first kappa shape index (κ1) is 11.0. The highest BCUT2D eigenvalue weighted by Crippen LogP contribution is 1.96. The molecule has 1 aliphatic heterocycles. The molecule has 5 heteroatoms. The zero-order chi connectivity index (χ0) is 10.4. The van der Waals surface area contributed by atoms with Crippen LogP contribution in [0.5, 0.6) is 0 Å². The number of carbonyl (C=O) groups excluding carboxylic acids is 2. The van der Waals surface area contributed by atoms with Crippen LogP contribution >= 0.6 is 0 Å². The molecule has 1 aliphatic rings. The Morgan fingerprint density at radius 2 is 2.43 bits per heavy atom. The summed E-state index contributed by atoms with van der Waals surface area (Å²) in [5, 5.41) is 5.69. The first-order chi connectivity index (χ1) is 6.74. The van der Waals surface area contributed by atoms with Crippen molar-refractivity contribution in [2.45, 2.75) is 13.3 Å². The molecular formula is C9H17N3O2. The maximum absolute atomic E-state index is 11.5. The molecule has 1 fully saturated rings. The van der Waals surface area contributed by atoms with Gasteiger partial charge in [-0.25, -0.2) is 0 Å². The van der Waals surface area contributed by atoms with Gasteiger partial charge in [-0.05, 0) is 13.0 Å². The minimum atomic E-state index is -0.0626. The Balaban J connectivity index is 2.40. The molecule has 2 amide bonds. The Kier molecular flexibility index (Phi) is 4.39. The fourth-order valence-corrected chi connectivity index (χ4v) is 1.36. The molecule has 0 aromatic carbocycles. The van der Waals surface area contributed by atoms with Crippen LogP contribution in [0, 0.1) is 0 Å². The van der Waals surface area contributed by atoms with Crippen molar-refractivity contribution < 1.29 is 9.59 Å². The van der Waals surface area contributed by atoms with Gasteiger partial charge in [-0.2, -0.15) is 0 Å². The lowest BCUT2D eigenvalue weighted by Gasteiger charge is -2.18. The zero-order valence-corrected chi connectivity index (χ0v) is 8.51. The molecule has 5 nitrogen and oxygen atoms in total. The number of amides is 2. The molecule has 0 saturated carbocycles. The van der Waals surface area contributed by atoms with E-state index in [2.05, 4.69) is 10.6 Å². The average Bonchev–Trinajstić information content (AvgIpc) is 2.39. The second kappa shape index (κ2) is 5.59. The molecule has 0 bridgehead atoms. The molecule has 0 aliphatic carbocycles. The predicted octanol–water partition coefficient (Wildman–Crippen LogP) is -1.06. The van der Waals surface area contributed by atoms with E-state index in [1.54, 1.807) is 4.90 Å². The van der Waals surface area contributed by atoms with Gasteiger partial charge in [0.05, 0.1) is 13.1 Å². The van der Waals surface area contributed by atoms with Crippen molar-refractivity contribution >= 4 is 11.8 Å². The number of hydrogen-bond acceptors (Lipinski definition) is 3. The third kappa shape index (κ3) is 3.33. The van der Waals surface area contributed by atoms with Crippen LogP contribution in [0.15, 0.2) is 0 Å². The SMILES string of the molecule is CCNCC(=O)N1CCCNC(=O)C1. The van der Waals surface area contributed by atoms with Crippen LogP contribution in [0.4, 0.5) is 0 Å². The second-order valence-electron chi connectivity index (χ2n) is 3.30. The standard InChI is InChI=1S/C9H17N3O2/c1-2-10-6-9(14)12-5-3-4-11-8(13)7-12/h10H,2-7H2,1H3,(H,11,13). The molecule has 1 saturated heterocycles. The van der Waals surface area contributed by atoms with Gasteiger partial charge in [0.25, 0.3) is 0 Å². The summed E-state index contributed by atoms with van der Waals surface area (Å²) in [6.45, 7) is 4.58. The molecule has 0 spiro atoms. The molecule has 14 heavy (non-hydrogen) atoms. The normalized spacial score (nSPS) is 17.5. The maximum Gasteiger partial charge on any atom is 0.239 e. The van der Waals surface area contributed by atoms with E-state index >= 15 is 0 Å². The monoisotopic (exact) mass is 199 g/mol. The summed E-state index contributed by atoms with van der Waals surface area (Å²) in [6, 6.07) is 0. The summed E-state index contributed by atoms with van der Waals surface area (Å²) in [7, 11) is 0. The van der Waals surface area contributed by atoms with E-state index in [1.807, 2.05) is 6.92 Å². The van der Waals surface area contributed by atoms with Gasteiger partial charge in [-0.15, -0.1) is 0 Å². The molecule has 80 valence electrons. The molecule has 0 aromatic rings. The van der Waals surface area contributed by atoms with Crippen molar-refractivity contribution in [3.63, 3.8) is 0 Å². The van der Waals surface area contributed by atoms with E-state index in [0.717, 1.165) is 13.0 Å². The highest BCUT2D eigenvalue weighted by atomic mass is 16.2. The van der Waals surface area contributed by atoms with Gasteiger partial charge in [0.2, 0.25) is 11.8 Å². The average molecular weight is 199 g/mol. The van der Waals surface area contributed by atoms with Crippen LogP contribution < -0.4 is 10.6 Å². The van der Waals surface area contributed by atoms with Crippen molar-refractivity contribution in [1.82, 2.24) is 15.5 Å². The third-order valence-electron chi connectivity index (χ3n) is 2.14. The molecular weight excluding hydrogens is 182 g/mol. The predicted molar refractivity (Wildman–Crippen MR) is 52.8 cm³/mol. The fraction of sp³-hybridized carbons (Fsp3) is 0.778. The summed E-state index contributed by atoms with van der Waals surface area (Å²) in [5.74, 6) is -0.0590. The van der Waals surface area contributed by atoms with E-state index < -0.39 is 0 Å². The number of likely N-dealkylation sites (N-methyl/N-ethyl adjacent to an activating group) is 1. The maximum atomic E-state index is 11.5. The number of carbonyl (C=O) groups is 2. The lowest BCUT2D eigenvalue weighted by Crippen LogP contribution is -2.41. The van der Waals surface area contributed by atoms with Gasteiger partial charge in [0, 0.05) is 13.1 Å². The molecule has 0 radical (unpaired) electrons. The molecule has 1 rings (SSSR count). The van der Waals surface area contributed by atoms with Gasteiger partial charge < -0.3 is 15.5 Å². The lowest BCUT2D eigenvalue weighted by molar-refractivity contribution is -0.134. The highest BCUT2D eigenvalue weighted by Gasteiger charge is 2.18. The summed E-state index contributed by atoms with van der Waals surface area (Å²) in [4.78, 5) is 24.3. The van der Waals surface area contributed by atoms with Crippen LogP contribution in [0.3, 0.4) is 0 Å². The number of nitrogens with zero attached hydrogens (tertiary/aromatic N) is 1. The minimum absolute atomic E-state index is 0.00361. The topological polar surface area (TPSA) is 61.4 Å². The van der Waals surface area contributed by atoms with Crippen LogP contribution in [-0.2, 0) is 9.59 Å². The lowest BCUT2D eigenvalue weighted by atomic mass is 10.4. The molecule has 1 heterocycles. The highest BCUT2D eigenvalue weighted by molar-refractivity contribution is 5.86. The minimum Gasteiger partial charge on any atom is -0.354 e. The van der Waals surface area contributed by atoms with Crippen molar-refractivity contribution in [2.75, 3.05) is 32.7 Å². The Hall–Kier alpha value is -1.10. The first-order valence-corrected chi connectivity index (χ1v) is 4.99. The molecule has 0 unspecified atom stereocenters. The summed E-state index contributed by atoms with van der Waals surface area (Å²) >= 11 is 0. The van der Waals surface area contributed by atoms with Gasteiger partial charge in [0.1, 0.15) is 0 Å². The van der Waals surface area contributed by atoms with Crippen molar-refractivity contribution in [2.24, 2.45) is 0 Å². The molecule has 0 atom stereocenters. The number of hydrogen-bond donors (Lipinski definition) is 2. The Bertz CT molecular complexity index is 218. The zero-order valence-electron chi connectivity index (χ0n) is 8.51. The van der Waals surface area contributed by atoms with E-state index in [0.29, 0.717) is 19.6 Å². The van der Waals surface area contributed by atoms with Crippen LogP contribution in [0.2, 0.25) is 0 Å². The first-order valence-electron chi connectivity index (χ1n) is 4.99. The number of rotatable bonds is 3. The van der Waals surface area contributed by atoms with Crippen molar-refractivity contribution in [1.29, 1.82) is 0 Å². The van der Waals surface area contributed by atoms with E-state index in [4.69, 9.17) is 0 Å². The van der Waals surface area contributed by atoms with Gasteiger partial charge in [0.15, 0.2) is 0 Å². The van der Waals surface area contributed by atoms with E-state index in [1.165, 1.54) is 0 Å². The fourth-order valence-electron chi connectivity index (χ4n) is 1.36. The molecule has 0 aromatic heterocycles. The summed E-state index contributed by atoms with van der Waals surface area (Å²) in [5.41, 5.74) is 0. The third-order valence-corrected chi connectivity index (χ3v) is 2.14. The van der Waals surface area contributed by atoms with Crippen molar-refractivity contribution in [3.8, 4) is 0 Å². The second-order valence-corrected chi connectivity index (χ2v) is 3.30. The van der Waals surface area contributed by atoms with Gasteiger partial charge >= 0.3 is 0 Å².